The molecule has 0 aliphatic rings. The van der Waals surface area contributed by atoms with E-state index in [9.17, 15) is 0 Å². The topological polar surface area (TPSA) is 12.9 Å². The highest BCUT2D eigenvalue weighted by Crippen LogP contribution is 2.45. The Kier molecular flexibility index (Phi) is 2.88. The summed E-state index contributed by atoms with van der Waals surface area (Å²) in [6.07, 6.45) is 0. The first-order chi connectivity index (χ1) is 12.8. The molecule has 3 heteroatoms. The number of hydrogen-bond acceptors (Lipinski definition) is 2. The zero-order chi connectivity index (χ0) is 17.3. The maximum Gasteiger partial charge on any atom is 0.137 e. The smallest absolute Gasteiger partial charge is 0.137 e. The highest BCUT2D eigenvalue weighted by Gasteiger charge is 2.17. The van der Waals surface area contributed by atoms with E-state index in [0.717, 1.165) is 16.3 Å². The van der Waals surface area contributed by atoms with Gasteiger partial charge in [0.1, 0.15) is 5.15 Å². The van der Waals surface area contributed by atoms with Gasteiger partial charge in [-0.25, -0.2) is 4.98 Å². The van der Waals surface area contributed by atoms with Crippen LogP contribution in [0.3, 0.4) is 0 Å². The summed E-state index contributed by atoms with van der Waals surface area (Å²) >= 11 is 8.40. The van der Waals surface area contributed by atoms with E-state index in [-0.39, 0.29) is 0 Å². The van der Waals surface area contributed by atoms with E-state index in [1.165, 1.54) is 36.3 Å². The van der Waals surface area contributed by atoms with Crippen LogP contribution in [0, 0.1) is 0 Å². The van der Waals surface area contributed by atoms with Crippen LogP contribution in [-0.2, 0) is 0 Å². The summed E-state index contributed by atoms with van der Waals surface area (Å²) in [5.41, 5.74) is 0.989. The number of benzene rings is 4. The molecule has 0 spiro atoms. The fraction of sp³-hybridized carbons (Fsp3) is 0. The van der Waals surface area contributed by atoms with Gasteiger partial charge in [0, 0.05) is 36.3 Å². The van der Waals surface area contributed by atoms with Crippen LogP contribution >= 0.6 is 22.9 Å². The van der Waals surface area contributed by atoms with Gasteiger partial charge in [0.25, 0.3) is 0 Å². The van der Waals surface area contributed by atoms with Crippen molar-refractivity contribution >= 4 is 75.6 Å². The summed E-state index contributed by atoms with van der Waals surface area (Å²) in [7, 11) is 0. The monoisotopic (exact) mass is 369 g/mol. The van der Waals surface area contributed by atoms with Crippen molar-refractivity contribution in [2.24, 2.45) is 0 Å². The van der Waals surface area contributed by atoms with Crippen molar-refractivity contribution in [3.05, 3.63) is 77.9 Å². The van der Waals surface area contributed by atoms with E-state index >= 15 is 0 Å². The number of nitrogens with zero attached hydrogens (tertiary/aromatic N) is 1. The lowest BCUT2D eigenvalue weighted by molar-refractivity contribution is 1.46. The van der Waals surface area contributed by atoms with E-state index in [4.69, 9.17) is 16.6 Å². The molecule has 0 radical (unpaired) electrons. The Bertz CT molecular complexity index is 1500. The van der Waals surface area contributed by atoms with Gasteiger partial charge in [0.15, 0.2) is 0 Å². The second kappa shape index (κ2) is 5.16. The van der Waals surface area contributed by atoms with Gasteiger partial charge in [0.2, 0.25) is 0 Å². The zero-order valence-corrected chi connectivity index (χ0v) is 15.2. The zero-order valence-electron chi connectivity index (χ0n) is 13.7. The van der Waals surface area contributed by atoms with Gasteiger partial charge in [-0.05, 0) is 16.8 Å². The van der Waals surface area contributed by atoms with E-state index in [1.807, 2.05) is 17.4 Å². The van der Waals surface area contributed by atoms with Crippen LogP contribution in [0.25, 0.3) is 52.6 Å². The number of aromatic nitrogens is 1. The van der Waals surface area contributed by atoms with Crippen LogP contribution in [0.5, 0.6) is 0 Å². The summed E-state index contributed by atoms with van der Waals surface area (Å²) in [4.78, 5) is 4.82. The minimum atomic E-state index is 0.568. The van der Waals surface area contributed by atoms with Crippen LogP contribution in [-0.4, -0.2) is 4.98 Å². The number of pyridine rings is 1. The summed E-state index contributed by atoms with van der Waals surface area (Å²) < 4.78 is 2.60. The molecule has 0 aliphatic carbocycles. The number of halogens is 1. The molecule has 0 amide bonds. The quantitative estimate of drug-likeness (QED) is 0.199. The van der Waals surface area contributed by atoms with E-state index in [0.29, 0.717) is 5.15 Å². The van der Waals surface area contributed by atoms with Crippen molar-refractivity contribution in [2.45, 2.75) is 0 Å². The minimum Gasteiger partial charge on any atom is -0.235 e. The molecule has 0 saturated heterocycles. The Balaban J connectivity index is 2.08. The van der Waals surface area contributed by atoms with Crippen LogP contribution in [0.15, 0.2) is 72.8 Å². The van der Waals surface area contributed by atoms with Gasteiger partial charge in [-0.3, -0.25) is 0 Å². The van der Waals surface area contributed by atoms with Crippen molar-refractivity contribution in [3.8, 4) is 0 Å². The van der Waals surface area contributed by atoms with E-state index < -0.39 is 0 Å². The maximum atomic E-state index is 6.56. The van der Waals surface area contributed by atoms with Crippen molar-refractivity contribution < 1.29 is 0 Å². The molecular formula is C23H12ClNS. The molecule has 6 aromatic rings. The fourth-order valence-corrected chi connectivity index (χ4v) is 5.57. The average molecular weight is 370 g/mol. The highest BCUT2D eigenvalue weighted by molar-refractivity contribution is 7.27. The van der Waals surface area contributed by atoms with Crippen molar-refractivity contribution in [1.29, 1.82) is 0 Å². The maximum absolute atomic E-state index is 6.56. The van der Waals surface area contributed by atoms with Gasteiger partial charge < -0.3 is 0 Å². The molecule has 122 valence electrons. The first-order valence-electron chi connectivity index (χ1n) is 8.53. The molecule has 0 saturated carbocycles. The van der Waals surface area contributed by atoms with Gasteiger partial charge in [0.05, 0.1) is 5.52 Å². The van der Waals surface area contributed by atoms with Crippen LogP contribution in [0.4, 0.5) is 0 Å². The lowest BCUT2D eigenvalue weighted by Gasteiger charge is -2.10. The van der Waals surface area contributed by atoms with Crippen LogP contribution < -0.4 is 0 Å². The van der Waals surface area contributed by atoms with Crippen molar-refractivity contribution in [2.75, 3.05) is 0 Å². The molecule has 0 N–H and O–H groups in total. The third kappa shape index (κ3) is 1.78. The molecule has 2 aromatic heterocycles. The predicted molar refractivity (Wildman–Crippen MR) is 115 cm³/mol. The Morgan fingerprint density at radius 2 is 1.19 bits per heavy atom. The normalized spacial score (nSPS) is 12.0. The first-order valence-corrected chi connectivity index (χ1v) is 9.72. The Morgan fingerprint density at radius 1 is 0.615 bits per heavy atom. The number of hydrogen-bond donors (Lipinski definition) is 0. The van der Waals surface area contributed by atoms with Gasteiger partial charge in [-0.2, -0.15) is 0 Å². The molecule has 4 aromatic carbocycles. The third-order valence-electron chi connectivity index (χ3n) is 5.14. The molecule has 1 nitrogen and oxygen atoms in total. The molecule has 0 atom stereocenters. The molecule has 0 bridgehead atoms. The Labute approximate surface area is 158 Å². The number of fused-ring (bicyclic) bond motifs is 10. The SMILES string of the molecule is Clc1nc2c3ccccc3c3c4ccccc4sc3c2c2ccccc12. The predicted octanol–water partition coefficient (Wildman–Crippen LogP) is 7.56. The largest absolute Gasteiger partial charge is 0.235 e. The molecule has 26 heavy (non-hydrogen) atoms. The fourth-order valence-electron chi connectivity index (χ4n) is 4.04. The summed E-state index contributed by atoms with van der Waals surface area (Å²) in [5, 5.41) is 8.99. The van der Waals surface area contributed by atoms with E-state index in [1.54, 1.807) is 0 Å². The Morgan fingerprint density at radius 3 is 1.96 bits per heavy atom. The minimum absolute atomic E-state index is 0.568. The lowest BCUT2D eigenvalue weighted by Crippen LogP contribution is -1.87. The molecular weight excluding hydrogens is 358 g/mol. The standard InChI is InChI=1S/C23H12ClNS/c24-23-16-10-4-2-8-14(16)20-21(25-23)15-9-3-1-7-13(15)19-17-11-5-6-12-18(17)26-22(19)20/h1-12H. The summed E-state index contributed by atoms with van der Waals surface area (Å²) in [5.74, 6) is 0. The van der Waals surface area contributed by atoms with Crippen molar-refractivity contribution in [3.63, 3.8) is 0 Å². The molecule has 0 unspecified atom stereocenters. The van der Waals surface area contributed by atoms with Gasteiger partial charge in [-0.15, -0.1) is 11.3 Å². The Hall–Kier alpha value is -2.68. The second-order valence-corrected chi connectivity index (χ2v) is 7.93. The number of rotatable bonds is 0. The van der Waals surface area contributed by atoms with E-state index in [2.05, 4.69) is 66.7 Å². The molecule has 0 fully saturated rings. The third-order valence-corrected chi connectivity index (χ3v) is 6.62. The van der Waals surface area contributed by atoms with Crippen LogP contribution in [0.2, 0.25) is 5.15 Å². The lowest BCUT2D eigenvalue weighted by atomic mass is 9.97. The number of thiophene rings is 1. The second-order valence-electron chi connectivity index (χ2n) is 6.52. The average Bonchev–Trinajstić information content (AvgIpc) is 3.08. The first kappa shape index (κ1) is 14.5. The van der Waals surface area contributed by atoms with Crippen molar-refractivity contribution in [1.82, 2.24) is 4.98 Å². The molecule has 0 aliphatic heterocycles. The summed E-state index contributed by atoms with van der Waals surface area (Å²) in [6, 6.07) is 25.5. The van der Waals surface area contributed by atoms with Crippen LogP contribution in [0.1, 0.15) is 0 Å². The van der Waals surface area contributed by atoms with Gasteiger partial charge >= 0.3 is 0 Å². The highest BCUT2D eigenvalue weighted by atomic mass is 35.5. The molecule has 6 rings (SSSR count). The van der Waals surface area contributed by atoms with Gasteiger partial charge in [-0.1, -0.05) is 78.3 Å². The summed E-state index contributed by atoms with van der Waals surface area (Å²) in [6.45, 7) is 0. The molecule has 2 heterocycles.